The van der Waals surface area contributed by atoms with E-state index in [0.717, 1.165) is 11.1 Å². The van der Waals surface area contributed by atoms with Crippen molar-refractivity contribution in [2.75, 3.05) is 0 Å². The highest BCUT2D eigenvalue weighted by Crippen LogP contribution is 2.27. The summed E-state index contributed by atoms with van der Waals surface area (Å²) in [5, 5.41) is 0. The third-order valence-electron chi connectivity index (χ3n) is 4.39. The van der Waals surface area contributed by atoms with Gasteiger partial charge in [-0.15, -0.1) is 0 Å². The quantitative estimate of drug-likeness (QED) is 0.572. The van der Waals surface area contributed by atoms with Gasteiger partial charge in [-0.3, -0.25) is 4.79 Å². The van der Waals surface area contributed by atoms with E-state index in [9.17, 15) is 4.79 Å². The van der Waals surface area contributed by atoms with Gasteiger partial charge in [-0.05, 0) is 45.2 Å². The smallest absolute Gasteiger partial charge is 0.178 e. The average molecular weight is 347 g/mol. The van der Waals surface area contributed by atoms with Crippen LogP contribution in [-0.2, 0) is 15.6 Å². The topological polar surface area (TPSA) is 17.1 Å². The lowest BCUT2D eigenvalue weighted by Gasteiger charge is -2.21. The van der Waals surface area contributed by atoms with E-state index in [-0.39, 0.29) is 16.6 Å². The molecule has 0 spiro atoms. The lowest BCUT2D eigenvalue weighted by atomic mass is 9.83. The molecule has 0 fully saturated rings. The third kappa shape index (κ3) is 5.29. The Kier molecular flexibility index (Phi) is 6.02. The summed E-state index contributed by atoms with van der Waals surface area (Å²) in [6, 6.07) is 16.5. The minimum absolute atomic E-state index is 0.00238. The number of benzene rings is 2. The molecule has 0 bridgehead atoms. The minimum Gasteiger partial charge on any atom is -0.290 e. The van der Waals surface area contributed by atoms with E-state index in [0.29, 0.717) is 0 Å². The molecule has 0 amide bonds. The van der Waals surface area contributed by atoms with Gasteiger partial charge in [-0.25, -0.2) is 0 Å². The van der Waals surface area contributed by atoms with Gasteiger partial charge < -0.3 is 0 Å². The Morgan fingerprint density at radius 3 is 1.35 bits per heavy atom. The molecule has 0 atom stereocenters. The Labute approximate surface area is 158 Å². The molecule has 0 radical (unpaired) electrons. The Morgan fingerprint density at radius 2 is 1.00 bits per heavy atom. The lowest BCUT2D eigenvalue weighted by Crippen LogP contribution is -2.12. The molecule has 0 unspecified atom stereocenters. The number of allylic oxidation sites excluding steroid dienone is 2. The highest BCUT2D eigenvalue weighted by atomic mass is 16.1. The van der Waals surface area contributed by atoms with E-state index in [1.54, 1.807) is 12.2 Å². The monoisotopic (exact) mass is 346 g/mol. The fourth-order valence-electron chi connectivity index (χ4n) is 3.05. The molecule has 0 N–H and O–H groups in total. The molecule has 0 heterocycles. The molecule has 2 rings (SSSR count). The minimum atomic E-state index is -0.00238. The van der Waals surface area contributed by atoms with Crippen molar-refractivity contribution in [3.05, 3.63) is 82.9 Å². The van der Waals surface area contributed by atoms with Crippen LogP contribution in [0.15, 0.2) is 60.7 Å². The van der Waals surface area contributed by atoms with E-state index in [1.807, 2.05) is 36.4 Å². The van der Waals surface area contributed by atoms with Gasteiger partial charge in [0.15, 0.2) is 5.78 Å². The summed E-state index contributed by atoms with van der Waals surface area (Å²) in [5.41, 5.74) is 4.77. The van der Waals surface area contributed by atoms with Gasteiger partial charge in [0.2, 0.25) is 0 Å². The molecule has 136 valence electrons. The van der Waals surface area contributed by atoms with Crippen molar-refractivity contribution in [3.8, 4) is 0 Å². The van der Waals surface area contributed by atoms with E-state index in [4.69, 9.17) is 0 Å². The first-order valence-electron chi connectivity index (χ1n) is 9.18. The van der Waals surface area contributed by atoms with Crippen LogP contribution in [0.2, 0.25) is 0 Å². The summed E-state index contributed by atoms with van der Waals surface area (Å²) in [6.45, 7) is 13.1. The van der Waals surface area contributed by atoms with Gasteiger partial charge >= 0.3 is 0 Å². The van der Waals surface area contributed by atoms with Crippen LogP contribution < -0.4 is 0 Å². The van der Waals surface area contributed by atoms with Crippen molar-refractivity contribution >= 4 is 17.9 Å². The largest absolute Gasteiger partial charge is 0.290 e. The zero-order valence-electron chi connectivity index (χ0n) is 16.8. The van der Waals surface area contributed by atoms with E-state index in [2.05, 4.69) is 65.8 Å². The number of ketones is 1. The molecule has 2 aromatic rings. The molecule has 1 heteroatoms. The normalized spacial score (nSPS) is 12.8. The van der Waals surface area contributed by atoms with Gasteiger partial charge in [0.25, 0.3) is 0 Å². The van der Waals surface area contributed by atoms with Crippen LogP contribution in [0.5, 0.6) is 0 Å². The third-order valence-corrected chi connectivity index (χ3v) is 4.39. The number of hydrogen-bond donors (Lipinski definition) is 0. The second-order valence-corrected chi connectivity index (χ2v) is 8.74. The molecule has 1 nitrogen and oxygen atoms in total. The summed E-state index contributed by atoms with van der Waals surface area (Å²) in [6.07, 6.45) is 7.15. The Bertz CT molecular complexity index is 754. The van der Waals surface area contributed by atoms with Gasteiger partial charge in [0.05, 0.1) is 0 Å². The first-order valence-corrected chi connectivity index (χ1v) is 9.18. The van der Waals surface area contributed by atoms with E-state index in [1.165, 1.54) is 11.1 Å². The van der Waals surface area contributed by atoms with Gasteiger partial charge in [-0.1, -0.05) is 102 Å². The molecule has 0 saturated carbocycles. The highest BCUT2D eigenvalue weighted by Gasteiger charge is 2.17. The second-order valence-electron chi connectivity index (χ2n) is 8.74. The summed E-state index contributed by atoms with van der Waals surface area (Å²) in [7, 11) is 0. The fraction of sp³-hybridized carbons (Fsp3) is 0.320. The standard InChI is InChI=1S/C25H30O/c1-24(2,3)22-13-9-7-11-19(22)15-17-21(26)18-16-20-12-8-10-14-23(20)25(4,5)6/h7-18H,1-6H3. The summed E-state index contributed by atoms with van der Waals surface area (Å²) in [4.78, 5) is 12.3. The number of rotatable bonds is 4. The molecule has 0 aliphatic rings. The number of carbonyl (C=O) groups excluding carboxylic acids is 1. The predicted octanol–water partition coefficient (Wildman–Crippen LogP) is 6.58. The zero-order valence-corrected chi connectivity index (χ0v) is 16.8. The maximum Gasteiger partial charge on any atom is 0.178 e. The molecular weight excluding hydrogens is 316 g/mol. The Balaban J connectivity index is 2.21. The van der Waals surface area contributed by atoms with Crippen LogP contribution in [0.4, 0.5) is 0 Å². The van der Waals surface area contributed by atoms with E-state index < -0.39 is 0 Å². The van der Waals surface area contributed by atoms with Crippen LogP contribution in [0, 0.1) is 0 Å². The molecule has 0 aliphatic carbocycles. The molecular formula is C25H30O. The van der Waals surface area contributed by atoms with Crippen LogP contribution in [0.3, 0.4) is 0 Å². The molecule has 2 aromatic carbocycles. The Hall–Kier alpha value is -2.41. The molecule has 0 saturated heterocycles. The van der Waals surface area contributed by atoms with Crippen molar-refractivity contribution in [2.24, 2.45) is 0 Å². The summed E-state index contributed by atoms with van der Waals surface area (Å²) in [5.74, 6) is -0.00238. The first-order chi connectivity index (χ1) is 12.1. The molecule has 0 aliphatic heterocycles. The van der Waals surface area contributed by atoms with Crippen molar-refractivity contribution in [1.82, 2.24) is 0 Å². The van der Waals surface area contributed by atoms with Gasteiger partial charge in [0, 0.05) is 0 Å². The van der Waals surface area contributed by atoms with Crippen molar-refractivity contribution in [1.29, 1.82) is 0 Å². The van der Waals surface area contributed by atoms with Crippen LogP contribution in [0.25, 0.3) is 12.2 Å². The average Bonchev–Trinajstić information content (AvgIpc) is 2.57. The highest BCUT2D eigenvalue weighted by molar-refractivity contribution is 6.04. The zero-order chi connectivity index (χ0) is 19.4. The van der Waals surface area contributed by atoms with Gasteiger partial charge in [0.1, 0.15) is 0 Å². The number of carbonyl (C=O) groups is 1. The molecule has 0 aromatic heterocycles. The SMILES string of the molecule is CC(C)(C)c1ccccc1C=CC(=O)C=Cc1ccccc1C(C)(C)C. The maximum atomic E-state index is 12.3. The fourth-order valence-corrected chi connectivity index (χ4v) is 3.05. The van der Waals surface area contributed by atoms with Crippen LogP contribution in [0.1, 0.15) is 63.8 Å². The van der Waals surface area contributed by atoms with Gasteiger partial charge in [-0.2, -0.15) is 0 Å². The van der Waals surface area contributed by atoms with Crippen LogP contribution in [-0.4, -0.2) is 5.78 Å². The Morgan fingerprint density at radius 1 is 0.654 bits per heavy atom. The maximum absolute atomic E-state index is 12.3. The summed E-state index contributed by atoms with van der Waals surface area (Å²) < 4.78 is 0. The van der Waals surface area contributed by atoms with Crippen molar-refractivity contribution in [2.45, 2.75) is 52.4 Å². The van der Waals surface area contributed by atoms with E-state index >= 15 is 0 Å². The van der Waals surface area contributed by atoms with Crippen molar-refractivity contribution in [3.63, 3.8) is 0 Å². The van der Waals surface area contributed by atoms with Crippen molar-refractivity contribution < 1.29 is 4.79 Å². The summed E-state index contributed by atoms with van der Waals surface area (Å²) >= 11 is 0. The first kappa shape index (κ1) is 19.9. The molecule has 26 heavy (non-hydrogen) atoms. The predicted molar refractivity (Wildman–Crippen MR) is 113 cm³/mol. The lowest BCUT2D eigenvalue weighted by molar-refractivity contribution is -0.110. The number of hydrogen-bond acceptors (Lipinski definition) is 1. The van der Waals surface area contributed by atoms with Crippen LogP contribution >= 0.6 is 0 Å². The second kappa shape index (κ2) is 7.86.